The zero-order valence-electron chi connectivity index (χ0n) is 24.6. The molecular formula is C30H38N7O4S-. The number of carbonyl (C=O) groups excluding carboxylic acids is 2. The quantitative estimate of drug-likeness (QED) is 0.295. The lowest BCUT2D eigenvalue weighted by atomic mass is 9.90. The Bertz CT molecular complexity index is 1500. The van der Waals surface area contributed by atoms with Crippen LogP contribution >= 0.6 is 0 Å². The van der Waals surface area contributed by atoms with Crippen LogP contribution in [0.5, 0.6) is 0 Å². The first kappa shape index (κ1) is 31.0. The van der Waals surface area contributed by atoms with Crippen molar-refractivity contribution >= 4 is 34.5 Å². The number of primary amides is 2. The van der Waals surface area contributed by atoms with E-state index in [-0.39, 0.29) is 27.9 Å². The maximum atomic E-state index is 12.4. The van der Waals surface area contributed by atoms with Gasteiger partial charge in [0.05, 0.1) is 17.3 Å². The van der Waals surface area contributed by atoms with Gasteiger partial charge in [-0.15, -0.1) is 0 Å². The van der Waals surface area contributed by atoms with Crippen molar-refractivity contribution in [1.29, 1.82) is 0 Å². The highest BCUT2D eigenvalue weighted by Crippen LogP contribution is 2.41. The van der Waals surface area contributed by atoms with Crippen LogP contribution in [-0.4, -0.2) is 47.6 Å². The van der Waals surface area contributed by atoms with E-state index < -0.39 is 22.9 Å². The van der Waals surface area contributed by atoms with Gasteiger partial charge in [0.15, 0.2) is 0 Å². The normalized spacial score (nSPS) is 18.0. The highest BCUT2D eigenvalue weighted by atomic mass is 32.2. The average molecular weight is 593 g/mol. The van der Waals surface area contributed by atoms with E-state index in [1.807, 2.05) is 6.07 Å². The topological polar surface area (TPSA) is 180 Å². The molecule has 5 N–H and O–H groups in total. The van der Waals surface area contributed by atoms with Crippen LogP contribution in [0, 0.1) is 5.92 Å². The van der Waals surface area contributed by atoms with Crippen LogP contribution in [0.2, 0.25) is 0 Å². The predicted octanol–water partition coefficient (Wildman–Crippen LogP) is 3.84. The number of rotatable bonds is 10. The Balaban J connectivity index is 1.61. The Labute approximate surface area is 248 Å². The second kappa shape index (κ2) is 12.1. The first-order valence-corrected chi connectivity index (χ1v) is 14.9. The number of amides is 2. The number of hydrogen-bond donors (Lipinski definition) is 3. The second-order valence-electron chi connectivity index (χ2n) is 12.4. The van der Waals surface area contributed by atoms with Crippen molar-refractivity contribution in [2.24, 2.45) is 17.4 Å². The van der Waals surface area contributed by atoms with Gasteiger partial charge >= 0.3 is 0 Å². The molecule has 4 rings (SSSR count). The Morgan fingerprint density at radius 1 is 1.14 bits per heavy atom. The summed E-state index contributed by atoms with van der Waals surface area (Å²) >= 11 is -2.48. The van der Waals surface area contributed by atoms with Gasteiger partial charge in [0, 0.05) is 35.0 Å². The summed E-state index contributed by atoms with van der Waals surface area (Å²) in [6.45, 7) is 11.2. The Kier molecular flexibility index (Phi) is 8.98. The van der Waals surface area contributed by atoms with Crippen molar-refractivity contribution in [2.75, 3.05) is 16.8 Å². The number of hydrogen-bond acceptors (Lipinski definition) is 9. The van der Waals surface area contributed by atoms with Crippen molar-refractivity contribution in [3.8, 4) is 0 Å². The molecule has 0 aliphatic carbocycles. The van der Waals surface area contributed by atoms with Gasteiger partial charge in [-0.05, 0) is 86.5 Å². The van der Waals surface area contributed by atoms with Gasteiger partial charge in [-0.1, -0.05) is 26.8 Å². The minimum absolute atomic E-state index is 0.0824. The summed E-state index contributed by atoms with van der Waals surface area (Å²) in [6.07, 6.45) is 3.74. The fourth-order valence-electron chi connectivity index (χ4n) is 5.47. The largest absolute Gasteiger partial charge is 0.767 e. The van der Waals surface area contributed by atoms with Crippen LogP contribution in [0.3, 0.4) is 0 Å². The molecule has 12 heteroatoms. The van der Waals surface area contributed by atoms with Gasteiger partial charge in [0.2, 0.25) is 5.91 Å². The summed E-state index contributed by atoms with van der Waals surface area (Å²) in [6, 6.07) is 11.1. The highest BCUT2D eigenvalue weighted by molar-refractivity contribution is 7.79. The van der Waals surface area contributed by atoms with Crippen molar-refractivity contribution in [3.05, 3.63) is 71.2 Å². The van der Waals surface area contributed by atoms with E-state index in [9.17, 15) is 18.4 Å². The lowest BCUT2D eigenvalue weighted by molar-refractivity contribution is 0.0991. The van der Waals surface area contributed by atoms with Crippen molar-refractivity contribution in [1.82, 2.24) is 15.0 Å². The molecule has 4 heterocycles. The second-order valence-corrected chi connectivity index (χ2v) is 13.3. The minimum Gasteiger partial charge on any atom is -0.767 e. The van der Waals surface area contributed by atoms with Crippen LogP contribution in [0.25, 0.3) is 0 Å². The average Bonchev–Trinajstić information content (AvgIpc) is 3.23. The molecule has 0 saturated carbocycles. The van der Waals surface area contributed by atoms with Gasteiger partial charge in [-0.2, -0.15) is 0 Å². The Morgan fingerprint density at radius 2 is 1.88 bits per heavy atom. The highest BCUT2D eigenvalue weighted by Gasteiger charge is 2.41. The first-order chi connectivity index (χ1) is 19.7. The smallest absolute Gasteiger partial charge is 0.252 e. The summed E-state index contributed by atoms with van der Waals surface area (Å²) in [5.41, 5.74) is 13.0. The molecular weight excluding hydrogens is 554 g/mol. The van der Waals surface area contributed by atoms with E-state index in [1.54, 1.807) is 30.3 Å². The van der Waals surface area contributed by atoms with Crippen molar-refractivity contribution in [2.45, 2.75) is 75.9 Å². The zero-order chi connectivity index (χ0) is 30.8. The van der Waals surface area contributed by atoms with E-state index in [0.29, 0.717) is 41.4 Å². The number of pyridine rings is 3. The minimum atomic E-state index is -2.48. The summed E-state index contributed by atoms with van der Waals surface area (Å²) in [5, 5.41) is 3.22. The van der Waals surface area contributed by atoms with E-state index >= 15 is 0 Å². The predicted molar refractivity (Wildman–Crippen MR) is 161 cm³/mol. The third kappa shape index (κ3) is 7.11. The van der Waals surface area contributed by atoms with E-state index in [0.717, 1.165) is 18.5 Å². The fourth-order valence-corrected chi connectivity index (χ4v) is 5.83. The molecule has 0 spiro atoms. The Hall–Kier alpha value is -3.90. The molecule has 0 bridgehead atoms. The van der Waals surface area contributed by atoms with E-state index in [2.05, 4.69) is 54.8 Å². The molecule has 0 aromatic carbocycles. The van der Waals surface area contributed by atoms with Crippen LogP contribution in [0.15, 0.2) is 53.7 Å². The molecule has 1 aliphatic rings. The number of carbonyl (C=O) groups is 2. The molecule has 2 amide bonds. The van der Waals surface area contributed by atoms with Crippen LogP contribution in [0.4, 0.5) is 11.6 Å². The SMILES string of the molecule is CC(C)(C)c1ccc(C(N)=O)c(N2C[C@@H](CCC(Nc3cccc(S(=O)[O-])n3)c3cc(C(N)=O)ccn3)CC2(C)C)n1. The number of aromatic nitrogens is 3. The molecule has 1 fully saturated rings. The molecule has 3 aromatic heterocycles. The number of nitrogens with one attached hydrogen (secondary N) is 1. The van der Waals surface area contributed by atoms with Gasteiger partial charge < -0.3 is 26.2 Å². The van der Waals surface area contributed by atoms with Gasteiger partial charge in [-0.25, -0.2) is 9.97 Å². The van der Waals surface area contributed by atoms with Crippen LogP contribution < -0.4 is 21.7 Å². The molecule has 0 radical (unpaired) electrons. The van der Waals surface area contributed by atoms with Crippen LogP contribution in [0.1, 0.15) is 92.0 Å². The lowest BCUT2D eigenvalue weighted by Gasteiger charge is -2.34. The van der Waals surface area contributed by atoms with E-state index in [1.165, 1.54) is 12.3 Å². The molecule has 3 atom stereocenters. The standard InChI is InChI=1S/C30H39N7O4S/c1-29(2,3)23-12-10-20(27(32)39)28(35-23)37-17-18(16-30(37,4)5)9-11-21(22-15-19(26(31)38)13-14-33-22)34-24-7-6-8-25(36-24)42(40)41/h6-8,10,12-15,18,21H,9,11,16-17H2,1-5H3,(H2,31,38)(H2,32,39)(H,34,36)(H,40,41)/p-1/t18-,21?/m0/s1. The third-order valence-electron chi connectivity index (χ3n) is 7.63. The van der Waals surface area contributed by atoms with Gasteiger partial charge in [-0.3, -0.25) is 18.8 Å². The molecule has 3 aromatic rings. The molecule has 1 aliphatic heterocycles. The fraction of sp³-hybridized carbons (Fsp3) is 0.433. The summed E-state index contributed by atoms with van der Waals surface area (Å²) in [7, 11) is 0. The monoisotopic (exact) mass is 592 g/mol. The van der Waals surface area contributed by atoms with Gasteiger partial charge in [0.25, 0.3) is 5.91 Å². The lowest BCUT2D eigenvalue weighted by Crippen LogP contribution is -2.40. The molecule has 11 nitrogen and oxygen atoms in total. The summed E-state index contributed by atoms with van der Waals surface area (Å²) in [4.78, 5) is 40.0. The Morgan fingerprint density at radius 3 is 2.52 bits per heavy atom. The molecule has 1 saturated heterocycles. The number of nitrogens with two attached hydrogens (primary N) is 2. The maximum absolute atomic E-state index is 12.4. The maximum Gasteiger partial charge on any atom is 0.252 e. The van der Waals surface area contributed by atoms with Crippen molar-refractivity contribution in [3.63, 3.8) is 0 Å². The van der Waals surface area contributed by atoms with E-state index in [4.69, 9.17) is 16.5 Å². The summed E-state index contributed by atoms with van der Waals surface area (Å²) in [5.74, 6) is 0.117. The molecule has 2 unspecified atom stereocenters. The third-order valence-corrected chi connectivity index (χ3v) is 8.20. The number of anilines is 2. The van der Waals surface area contributed by atoms with Gasteiger partial charge in [0.1, 0.15) is 16.7 Å². The van der Waals surface area contributed by atoms with Crippen molar-refractivity contribution < 1.29 is 18.4 Å². The molecule has 42 heavy (non-hydrogen) atoms. The first-order valence-electron chi connectivity index (χ1n) is 13.8. The number of nitrogens with zero attached hydrogens (tertiary/aromatic N) is 4. The summed E-state index contributed by atoms with van der Waals surface area (Å²) < 4.78 is 23.0. The molecule has 224 valence electrons. The zero-order valence-corrected chi connectivity index (χ0v) is 25.4. The van der Waals surface area contributed by atoms with Crippen LogP contribution in [-0.2, 0) is 16.5 Å².